The molecule has 0 unspecified atom stereocenters. The third kappa shape index (κ3) is 5.86. The van der Waals surface area contributed by atoms with Gasteiger partial charge in [-0.25, -0.2) is 0 Å². The number of rotatable bonds is 11. The molecule has 0 aliphatic rings. The highest BCUT2D eigenvalue weighted by Crippen LogP contribution is 2.29. The Bertz CT molecular complexity index is 991. The van der Waals surface area contributed by atoms with Crippen molar-refractivity contribution in [1.29, 1.82) is 0 Å². The molecule has 0 saturated heterocycles. The normalized spacial score (nSPS) is 10.8. The zero-order valence-electron chi connectivity index (χ0n) is 17.1. The lowest BCUT2D eigenvalue weighted by atomic mass is 10.1. The van der Waals surface area contributed by atoms with Crippen molar-refractivity contribution in [1.82, 2.24) is 5.32 Å². The maximum absolute atomic E-state index is 12.3. The summed E-state index contributed by atoms with van der Waals surface area (Å²) >= 11 is 0. The van der Waals surface area contributed by atoms with Crippen LogP contribution in [-0.4, -0.2) is 30.1 Å². The van der Waals surface area contributed by atoms with Gasteiger partial charge >= 0.3 is 5.97 Å². The molecule has 0 radical (unpaired) electrons. The number of nitrogens with one attached hydrogen (secondary N) is 1. The van der Waals surface area contributed by atoms with Crippen molar-refractivity contribution >= 4 is 22.8 Å². The number of benzene rings is 2. The number of carbonyl (C=O) groups is 2. The number of fused-ring (bicyclic) bond motifs is 1. The average molecular weight is 409 g/mol. The largest absolute Gasteiger partial charge is 0.494 e. The minimum absolute atomic E-state index is 0.0713. The number of furan rings is 1. The monoisotopic (exact) mass is 409 g/mol. The summed E-state index contributed by atoms with van der Waals surface area (Å²) in [7, 11) is 0. The van der Waals surface area contributed by atoms with Gasteiger partial charge in [-0.1, -0.05) is 13.3 Å². The second-order valence-electron chi connectivity index (χ2n) is 7.20. The smallest absolute Gasteiger partial charge is 0.303 e. The van der Waals surface area contributed by atoms with E-state index in [1.54, 1.807) is 6.07 Å². The summed E-state index contributed by atoms with van der Waals surface area (Å²) in [5, 5.41) is 12.4. The van der Waals surface area contributed by atoms with Crippen molar-refractivity contribution in [3.8, 4) is 17.1 Å². The van der Waals surface area contributed by atoms with Gasteiger partial charge in [-0.15, -0.1) is 0 Å². The van der Waals surface area contributed by atoms with Crippen molar-refractivity contribution in [2.45, 2.75) is 39.0 Å². The van der Waals surface area contributed by atoms with Crippen molar-refractivity contribution in [3.05, 3.63) is 54.1 Å². The summed E-state index contributed by atoms with van der Waals surface area (Å²) in [5.74, 6) is 0.602. The molecule has 0 atom stereocenters. The lowest BCUT2D eigenvalue weighted by Gasteiger charge is -2.06. The molecule has 3 rings (SSSR count). The number of carboxylic acids is 1. The zero-order chi connectivity index (χ0) is 21.3. The maximum atomic E-state index is 12.3. The van der Waals surface area contributed by atoms with Crippen molar-refractivity contribution in [2.24, 2.45) is 0 Å². The third-order valence-electron chi connectivity index (χ3n) is 4.79. The highest BCUT2D eigenvalue weighted by atomic mass is 16.5. The standard InChI is InChI=1S/C24H27NO5/c1-2-3-13-25-24(28)18-9-12-21-19(15-18)16-22(30-21)17-7-10-20(11-8-17)29-14-5-4-6-23(26)27/h7-12,15-16H,2-6,13-14H2,1H3,(H,25,28)(H,26,27). The molecule has 158 valence electrons. The zero-order valence-corrected chi connectivity index (χ0v) is 17.1. The van der Waals surface area contributed by atoms with E-state index in [4.69, 9.17) is 14.3 Å². The first kappa shape index (κ1) is 21.4. The number of carboxylic acid groups (broad SMARTS) is 1. The molecule has 0 bridgehead atoms. The second-order valence-corrected chi connectivity index (χ2v) is 7.20. The van der Waals surface area contributed by atoms with Crippen molar-refractivity contribution in [2.75, 3.05) is 13.2 Å². The van der Waals surface area contributed by atoms with Crippen LogP contribution in [0, 0.1) is 0 Å². The van der Waals surface area contributed by atoms with Crippen LogP contribution in [0.3, 0.4) is 0 Å². The molecule has 0 fully saturated rings. The molecule has 1 heterocycles. The molecular formula is C24H27NO5. The molecule has 30 heavy (non-hydrogen) atoms. The van der Waals surface area contributed by atoms with E-state index in [1.165, 1.54) is 0 Å². The van der Waals surface area contributed by atoms with Gasteiger partial charge in [-0.3, -0.25) is 9.59 Å². The fourth-order valence-corrected chi connectivity index (χ4v) is 3.09. The third-order valence-corrected chi connectivity index (χ3v) is 4.79. The molecule has 1 aromatic heterocycles. The van der Waals surface area contributed by atoms with E-state index < -0.39 is 5.97 Å². The van der Waals surface area contributed by atoms with Gasteiger partial charge in [-0.05, 0) is 67.8 Å². The molecule has 1 amide bonds. The number of aliphatic carboxylic acids is 1. The summed E-state index contributed by atoms with van der Waals surface area (Å²) in [5.41, 5.74) is 2.27. The minimum Gasteiger partial charge on any atom is -0.494 e. The van der Waals surface area contributed by atoms with Crippen LogP contribution < -0.4 is 10.1 Å². The van der Waals surface area contributed by atoms with Crippen LogP contribution in [0.1, 0.15) is 49.4 Å². The maximum Gasteiger partial charge on any atom is 0.303 e. The van der Waals surface area contributed by atoms with Crippen molar-refractivity contribution in [3.63, 3.8) is 0 Å². The van der Waals surface area contributed by atoms with Crippen LogP contribution >= 0.6 is 0 Å². The molecule has 0 spiro atoms. The Kier molecular flexibility index (Phi) is 7.49. The Morgan fingerprint density at radius 2 is 1.83 bits per heavy atom. The van der Waals surface area contributed by atoms with Gasteiger partial charge in [0.1, 0.15) is 17.1 Å². The molecule has 2 N–H and O–H groups in total. The molecule has 6 heteroatoms. The van der Waals surface area contributed by atoms with Gasteiger partial charge in [0.05, 0.1) is 6.61 Å². The molecule has 0 aliphatic carbocycles. The van der Waals surface area contributed by atoms with Crippen LogP contribution in [-0.2, 0) is 4.79 Å². The second kappa shape index (κ2) is 10.5. The highest BCUT2D eigenvalue weighted by Gasteiger charge is 2.10. The summed E-state index contributed by atoms with van der Waals surface area (Å²) in [4.78, 5) is 22.8. The number of carbonyl (C=O) groups excluding carboxylic acids is 1. The first-order valence-electron chi connectivity index (χ1n) is 10.3. The summed E-state index contributed by atoms with van der Waals surface area (Å²) in [6.07, 6.45) is 3.47. The minimum atomic E-state index is -0.783. The van der Waals surface area contributed by atoms with Gasteiger partial charge in [-0.2, -0.15) is 0 Å². The summed E-state index contributed by atoms with van der Waals surface area (Å²) < 4.78 is 11.6. The van der Waals surface area contributed by atoms with Gasteiger partial charge in [0.25, 0.3) is 5.91 Å². The number of unbranched alkanes of at least 4 members (excludes halogenated alkanes) is 2. The Labute approximate surface area is 175 Å². The van der Waals surface area contributed by atoms with Gasteiger partial charge in [0, 0.05) is 29.5 Å². The lowest BCUT2D eigenvalue weighted by Crippen LogP contribution is -2.24. The van der Waals surface area contributed by atoms with Crippen LogP contribution in [0.25, 0.3) is 22.3 Å². The van der Waals surface area contributed by atoms with Crippen LogP contribution in [0.15, 0.2) is 52.9 Å². The molecule has 0 saturated carbocycles. The topological polar surface area (TPSA) is 88.8 Å². The fourth-order valence-electron chi connectivity index (χ4n) is 3.09. The van der Waals surface area contributed by atoms with Crippen molar-refractivity contribution < 1.29 is 23.8 Å². The lowest BCUT2D eigenvalue weighted by molar-refractivity contribution is -0.137. The number of hydrogen-bond acceptors (Lipinski definition) is 4. The van der Waals surface area contributed by atoms with E-state index >= 15 is 0 Å². The van der Waals surface area contributed by atoms with E-state index in [-0.39, 0.29) is 12.3 Å². The Hall–Kier alpha value is -3.28. The van der Waals surface area contributed by atoms with E-state index in [1.807, 2.05) is 42.5 Å². The Balaban J connectivity index is 1.62. The fraction of sp³-hybridized carbons (Fsp3) is 0.333. The van der Waals surface area contributed by atoms with E-state index in [9.17, 15) is 9.59 Å². The molecule has 6 nitrogen and oxygen atoms in total. The first-order chi connectivity index (χ1) is 14.6. The highest BCUT2D eigenvalue weighted by molar-refractivity contribution is 5.98. The number of hydrogen-bond donors (Lipinski definition) is 2. The summed E-state index contributed by atoms with van der Waals surface area (Å²) in [6.45, 7) is 3.25. The summed E-state index contributed by atoms with van der Waals surface area (Å²) in [6, 6.07) is 14.9. The SMILES string of the molecule is CCCCNC(=O)c1ccc2oc(-c3ccc(OCCCCC(=O)O)cc3)cc2c1. The van der Waals surface area contributed by atoms with E-state index in [0.717, 1.165) is 40.9 Å². The van der Waals surface area contributed by atoms with Crippen LogP contribution in [0.5, 0.6) is 5.75 Å². The average Bonchev–Trinajstić information content (AvgIpc) is 3.17. The van der Waals surface area contributed by atoms with Crippen LogP contribution in [0.2, 0.25) is 0 Å². The van der Waals surface area contributed by atoms with E-state index in [0.29, 0.717) is 31.6 Å². The predicted molar refractivity (Wildman–Crippen MR) is 116 cm³/mol. The molecule has 2 aromatic carbocycles. The number of amides is 1. The van der Waals surface area contributed by atoms with Gasteiger partial charge < -0.3 is 19.6 Å². The first-order valence-corrected chi connectivity index (χ1v) is 10.3. The predicted octanol–water partition coefficient (Wildman–Crippen LogP) is 5.26. The van der Waals surface area contributed by atoms with Gasteiger partial charge in [0.2, 0.25) is 0 Å². The number of ether oxygens (including phenoxy) is 1. The quantitative estimate of drug-likeness (QED) is 0.422. The van der Waals surface area contributed by atoms with E-state index in [2.05, 4.69) is 12.2 Å². The van der Waals surface area contributed by atoms with Gasteiger partial charge in [0.15, 0.2) is 0 Å². The Morgan fingerprint density at radius 3 is 2.57 bits per heavy atom. The molecule has 0 aliphatic heterocycles. The Morgan fingerprint density at radius 1 is 1.03 bits per heavy atom. The molecule has 3 aromatic rings. The van der Waals surface area contributed by atoms with Crippen LogP contribution in [0.4, 0.5) is 0 Å². The molecular weight excluding hydrogens is 382 g/mol.